The number of hydrogen-bond donors (Lipinski definition) is 1. The lowest BCUT2D eigenvalue weighted by Crippen LogP contribution is -2.46. The second-order valence-electron chi connectivity index (χ2n) is 5.17. The van der Waals surface area contributed by atoms with E-state index in [2.05, 4.69) is 15.9 Å². The van der Waals surface area contributed by atoms with Crippen LogP contribution < -0.4 is 10.5 Å². The maximum Gasteiger partial charge on any atom is 0.263 e. The van der Waals surface area contributed by atoms with Crippen molar-refractivity contribution in [1.29, 1.82) is 0 Å². The summed E-state index contributed by atoms with van der Waals surface area (Å²) < 4.78 is 12.0. The third kappa shape index (κ3) is 4.18. The van der Waals surface area contributed by atoms with Crippen molar-refractivity contribution < 1.29 is 14.3 Å². The van der Waals surface area contributed by atoms with Gasteiger partial charge in [-0.25, -0.2) is 0 Å². The number of rotatable bonds is 4. The Balaban J connectivity index is 2.09. The highest BCUT2D eigenvalue weighted by molar-refractivity contribution is 9.10. The third-order valence-corrected chi connectivity index (χ3v) is 3.93. The molecule has 21 heavy (non-hydrogen) atoms. The van der Waals surface area contributed by atoms with Gasteiger partial charge in [0.2, 0.25) is 0 Å². The lowest BCUT2D eigenvalue weighted by atomic mass is 10.1. The van der Waals surface area contributed by atoms with Crippen LogP contribution in [-0.4, -0.2) is 43.2 Å². The minimum Gasteiger partial charge on any atom is -0.481 e. The minimum atomic E-state index is -0.546. The summed E-state index contributed by atoms with van der Waals surface area (Å²) in [4.78, 5) is 14.1. The van der Waals surface area contributed by atoms with Crippen molar-refractivity contribution in [3.63, 3.8) is 0 Å². The van der Waals surface area contributed by atoms with Gasteiger partial charge in [0.15, 0.2) is 6.10 Å². The number of nitrogens with zero attached hydrogens (tertiary/aromatic N) is 1. The molecule has 1 fully saturated rings. The predicted molar refractivity (Wildman–Crippen MR) is 84.2 cm³/mol. The number of carbonyl (C=O) groups excluding carboxylic acids is 1. The zero-order valence-corrected chi connectivity index (χ0v) is 13.9. The molecule has 116 valence electrons. The summed E-state index contributed by atoms with van der Waals surface area (Å²) in [5.41, 5.74) is 6.84. The summed E-state index contributed by atoms with van der Waals surface area (Å²) in [7, 11) is 0. The highest BCUT2D eigenvalue weighted by Crippen LogP contribution is 2.28. The molecular weight excluding hydrogens is 336 g/mol. The molecule has 1 aliphatic rings. The second-order valence-corrected chi connectivity index (χ2v) is 6.08. The van der Waals surface area contributed by atoms with E-state index in [-0.39, 0.29) is 11.9 Å². The van der Waals surface area contributed by atoms with Crippen LogP contribution in [0.25, 0.3) is 0 Å². The van der Waals surface area contributed by atoms with Gasteiger partial charge in [-0.3, -0.25) is 4.79 Å². The fraction of sp³-hybridized carbons (Fsp3) is 0.533. The molecule has 1 aromatic carbocycles. The molecule has 0 saturated carbocycles. The Bertz CT molecular complexity index is 502. The molecule has 0 spiro atoms. The van der Waals surface area contributed by atoms with Crippen LogP contribution in [0, 0.1) is 0 Å². The van der Waals surface area contributed by atoms with Crippen molar-refractivity contribution in [2.45, 2.75) is 26.0 Å². The molecule has 0 aromatic heterocycles. The fourth-order valence-electron chi connectivity index (χ4n) is 2.27. The van der Waals surface area contributed by atoms with Gasteiger partial charge in [0, 0.05) is 29.2 Å². The molecular formula is C15H21BrN2O3. The highest BCUT2D eigenvalue weighted by atomic mass is 79.9. The van der Waals surface area contributed by atoms with E-state index in [1.165, 1.54) is 0 Å². The van der Waals surface area contributed by atoms with Crippen molar-refractivity contribution in [3.8, 4) is 5.75 Å². The summed E-state index contributed by atoms with van der Waals surface area (Å²) >= 11 is 3.42. The lowest BCUT2D eigenvalue weighted by Gasteiger charge is -2.29. The van der Waals surface area contributed by atoms with Gasteiger partial charge < -0.3 is 20.1 Å². The number of ether oxygens (including phenoxy) is 2. The van der Waals surface area contributed by atoms with Crippen molar-refractivity contribution in [2.24, 2.45) is 5.73 Å². The molecule has 0 aliphatic carbocycles. The molecule has 2 atom stereocenters. The zero-order valence-electron chi connectivity index (χ0n) is 12.3. The van der Waals surface area contributed by atoms with Crippen molar-refractivity contribution in [3.05, 3.63) is 28.2 Å². The predicted octanol–water partition coefficient (Wildman–Crippen LogP) is 2.09. The maximum absolute atomic E-state index is 12.4. The topological polar surface area (TPSA) is 64.8 Å². The van der Waals surface area contributed by atoms with Crippen LogP contribution in [-0.2, 0) is 9.53 Å². The first-order valence-corrected chi connectivity index (χ1v) is 7.86. The molecule has 0 bridgehead atoms. The van der Waals surface area contributed by atoms with Crippen LogP contribution in [0.2, 0.25) is 0 Å². The second kappa shape index (κ2) is 7.24. The molecule has 1 aromatic rings. The van der Waals surface area contributed by atoms with Gasteiger partial charge >= 0.3 is 0 Å². The summed E-state index contributed by atoms with van der Waals surface area (Å²) in [5, 5.41) is 0. The van der Waals surface area contributed by atoms with Crippen LogP contribution in [0.5, 0.6) is 5.75 Å². The first-order valence-electron chi connectivity index (χ1n) is 7.07. The fourth-order valence-corrected chi connectivity index (χ4v) is 2.61. The third-order valence-electron chi connectivity index (χ3n) is 3.44. The monoisotopic (exact) mass is 356 g/mol. The number of nitrogens with two attached hydrogens (primary N) is 1. The van der Waals surface area contributed by atoms with Crippen LogP contribution in [0.3, 0.4) is 0 Å². The molecule has 2 N–H and O–H groups in total. The molecule has 0 radical (unpaired) electrons. The van der Waals surface area contributed by atoms with Gasteiger partial charge in [0.1, 0.15) is 5.75 Å². The van der Waals surface area contributed by atoms with Gasteiger partial charge in [0.05, 0.1) is 13.2 Å². The standard InChI is InChI=1S/C15H21BrN2O3/c1-10(17)13-4-3-12(16)9-14(13)21-11(2)15(19)18-5-7-20-8-6-18/h3-4,9-11H,5-8,17H2,1-2H3/t10-,11?/m1/s1. The van der Waals surface area contributed by atoms with Crippen molar-refractivity contribution >= 4 is 21.8 Å². The molecule has 1 aliphatic heterocycles. The Kier molecular flexibility index (Phi) is 5.61. The molecule has 1 amide bonds. The number of carbonyl (C=O) groups is 1. The van der Waals surface area contributed by atoms with Crippen LogP contribution in [0.4, 0.5) is 0 Å². The lowest BCUT2D eigenvalue weighted by molar-refractivity contribution is -0.142. The van der Waals surface area contributed by atoms with E-state index in [9.17, 15) is 4.79 Å². The Morgan fingerprint density at radius 3 is 2.67 bits per heavy atom. The van der Waals surface area contributed by atoms with E-state index in [1.807, 2.05) is 25.1 Å². The van der Waals surface area contributed by atoms with Crippen molar-refractivity contribution in [2.75, 3.05) is 26.3 Å². The zero-order chi connectivity index (χ0) is 15.4. The Labute approximate surface area is 133 Å². The van der Waals surface area contributed by atoms with Crippen molar-refractivity contribution in [1.82, 2.24) is 4.90 Å². The maximum atomic E-state index is 12.4. The highest BCUT2D eigenvalue weighted by Gasteiger charge is 2.24. The van der Waals surface area contributed by atoms with Gasteiger partial charge in [-0.1, -0.05) is 22.0 Å². The van der Waals surface area contributed by atoms with Crippen LogP contribution in [0.1, 0.15) is 25.5 Å². The Morgan fingerprint density at radius 2 is 2.05 bits per heavy atom. The van der Waals surface area contributed by atoms with Crippen LogP contribution >= 0.6 is 15.9 Å². The Hall–Kier alpha value is -1.11. The molecule has 5 nitrogen and oxygen atoms in total. The van der Waals surface area contributed by atoms with E-state index < -0.39 is 6.10 Å². The molecule has 2 rings (SSSR count). The first-order chi connectivity index (χ1) is 9.99. The quantitative estimate of drug-likeness (QED) is 0.896. The molecule has 1 saturated heterocycles. The van der Waals surface area contributed by atoms with E-state index in [0.29, 0.717) is 32.1 Å². The van der Waals surface area contributed by atoms with E-state index in [0.717, 1.165) is 10.0 Å². The minimum absolute atomic E-state index is 0.0195. The number of halogens is 1. The molecule has 1 unspecified atom stereocenters. The number of benzene rings is 1. The van der Waals surface area contributed by atoms with Gasteiger partial charge in [-0.05, 0) is 26.0 Å². The molecule has 6 heteroatoms. The number of morpholine rings is 1. The average Bonchev–Trinajstić information content (AvgIpc) is 2.47. The van der Waals surface area contributed by atoms with Gasteiger partial charge in [-0.15, -0.1) is 0 Å². The summed E-state index contributed by atoms with van der Waals surface area (Å²) in [5.74, 6) is 0.627. The molecule has 1 heterocycles. The summed E-state index contributed by atoms with van der Waals surface area (Å²) in [6.07, 6.45) is -0.546. The number of hydrogen-bond acceptors (Lipinski definition) is 4. The smallest absolute Gasteiger partial charge is 0.263 e. The normalized spacial score (nSPS) is 18.2. The number of amides is 1. The SMILES string of the molecule is CC(Oc1cc(Br)ccc1[C@@H](C)N)C(=O)N1CCOCC1. The van der Waals surface area contributed by atoms with E-state index in [1.54, 1.807) is 11.8 Å². The van der Waals surface area contributed by atoms with Gasteiger partial charge in [-0.2, -0.15) is 0 Å². The summed E-state index contributed by atoms with van der Waals surface area (Å²) in [6, 6.07) is 5.52. The van der Waals surface area contributed by atoms with Gasteiger partial charge in [0.25, 0.3) is 5.91 Å². The average molecular weight is 357 g/mol. The summed E-state index contributed by atoms with van der Waals surface area (Å²) in [6.45, 7) is 6.06. The largest absolute Gasteiger partial charge is 0.481 e. The Morgan fingerprint density at radius 1 is 1.38 bits per heavy atom. The van der Waals surface area contributed by atoms with Crippen LogP contribution in [0.15, 0.2) is 22.7 Å². The van der Waals surface area contributed by atoms with E-state index in [4.69, 9.17) is 15.2 Å². The first kappa shape index (κ1) is 16.3. The van der Waals surface area contributed by atoms with E-state index >= 15 is 0 Å².